The van der Waals surface area contributed by atoms with Gasteiger partial charge in [-0.15, -0.1) is 0 Å². The molecule has 0 saturated heterocycles. The van der Waals surface area contributed by atoms with Crippen molar-refractivity contribution in [2.45, 2.75) is 30.8 Å². The average molecular weight is 736 g/mol. The molecule has 6 rings (SSSR count). The number of nitrogens with zero attached hydrogens (tertiary/aromatic N) is 3. The first-order valence-electron chi connectivity index (χ1n) is 16.3. The second-order valence-corrected chi connectivity index (χ2v) is 14.8. The average Bonchev–Trinajstić information content (AvgIpc) is 3.11. The minimum absolute atomic E-state index is 0.0309. The van der Waals surface area contributed by atoms with Crippen molar-refractivity contribution in [1.82, 2.24) is 0 Å². The SMILES string of the molecule is [CH3][Ge][CH2]c1cc(Cc2cc(Cc3cc(C)cc(-c4ccc([N+](=O)[O-])cc4)c3)cc(-c3ccc([N+](=O)[O-])cc3)c2)cc(-c2ccc([N+](=O)[O-])cc2)c1. The Balaban J connectivity index is 1.38. The first-order valence-corrected chi connectivity index (χ1v) is 19.9. The zero-order valence-corrected chi connectivity index (χ0v) is 30.1. The molecule has 2 radical (unpaired) electrons. The van der Waals surface area contributed by atoms with Gasteiger partial charge >= 0.3 is 224 Å². The molecular formula is C41H33GeN3O6. The molecule has 0 amide bonds. The Hall–Kier alpha value is -5.94. The molecular weight excluding hydrogens is 703 g/mol. The molecule has 0 heterocycles. The van der Waals surface area contributed by atoms with Crippen LogP contribution in [-0.2, 0) is 18.1 Å². The van der Waals surface area contributed by atoms with Crippen molar-refractivity contribution in [3.05, 3.63) is 191 Å². The van der Waals surface area contributed by atoms with Crippen LogP contribution in [0.3, 0.4) is 0 Å². The van der Waals surface area contributed by atoms with Gasteiger partial charge in [-0.2, -0.15) is 0 Å². The van der Waals surface area contributed by atoms with E-state index in [1.54, 1.807) is 36.4 Å². The normalized spacial score (nSPS) is 10.9. The van der Waals surface area contributed by atoms with Crippen molar-refractivity contribution in [3.63, 3.8) is 0 Å². The Bertz CT molecular complexity index is 2250. The van der Waals surface area contributed by atoms with Crippen LogP contribution in [-0.4, -0.2) is 30.2 Å². The molecule has 0 spiro atoms. The third kappa shape index (κ3) is 8.63. The van der Waals surface area contributed by atoms with Crippen molar-refractivity contribution in [1.29, 1.82) is 0 Å². The first kappa shape index (κ1) is 34.9. The van der Waals surface area contributed by atoms with Gasteiger partial charge in [-0.05, 0) is 24.6 Å². The summed E-state index contributed by atoms with van der Waals surface area (Å²) in [4.78, 5) is 32.6. The number of hydrogen-bond acceptors (Lipinski definition) is 6. The topological polar surface area (TPSA) is 129 Å². The molecule has 252 valence electrons. The number of nitro benzene ring substituents is 3. The second-order valence-electron chi connectivity index (χ2n) is 12.6. The molecule has 0 aliphatic heterocycles. The molecule has 6 aromatic rings. The summed E-state index contributed by atoms with van der Waals surface area (Å²) >= 11 is -0.149. The van der Waals surface area contributed by atoms with Crippen LogP contribution in [0.25, 0.3) is 33.4 Å². The predicted molar refractivity (Wildman–Crippen MR) is 201 cm³/mol. The Morgan fingerprint density at radius 3 is 1.10 bits per heavy atom. The third-order valence-corrected chi connectivity index (χ3v) is 10.3. The van der Waals surface area contributed by atoms with Crippen molar-refractivity contribution in [2.75, 3.05) is 0 Å². The van der Waals surface area contributed by atoms with Crippen LogP contribution < -0.4 is 0 Å². The van der Waals surface area contributed by atoms with Crippen molar-refractivity contribution >= 4 is 32.5 Å². The van der Waals surface area contributed by atoms with Gasteiger partial charge in [0.1, 0.15) is 0 Å². The number of non-ortho nitro benzene ring substituents is 3. The van der Waals surface area contributed by atoms with Gasteiger partial charge in [0.2, 0.25) is 0 Å². The number of nitro groups is 3. The van der Waals surface area contributed by atoms with Gasteiger partial charge in [0, 0.05) is 12.1 Å². The molecule has 9 nitrogen and oxygen atoms in total. The molecule has 0 saturated carbocycles. The van der Waals surface area contributed by atoms with E-state index < -0.39 is 14.8 Å². The summed E-state index contributed by atoms with van der Waals surface area (Å²) in [7, 11) is 0. The van der Waals surface area contributed by atoms with Gasteiger partial charge in [0.25, 0.3) is 5.69 Å². The Kier molecular flexibility index (Phi) is 10.5. The van der Waals surface area contributed by atoms with Crippen molar-refractivity contribution in [2.24, 2.45) is 0 Å². The van der Waals surface area contributed by atoms with Crippen LogP contribution in [0.15, 0.2) is 127 Å². The maximum absolute atomic E-state index is 11.4. The molecule has 0 unspecified atom stereocenters. The van der Waals surface area contributed by atoms with E-state index in [0.717, 1.165) is 66.5 Å². The molecule has 0 aliphatic carbocycles. The number of aryl methyl sites for hydroxylation is 1. The number of benzene rings is 6. The van der Waals surface area contributed by atoms with Crippen LogP contribution in [0.1, 0.15) is 33.4 Å². The number of rotatable bonds is 12. The quantitative estimate of drug-likeness (QED) is 0.0699. The Morgan fingerprint density at radius 1 is 0.431 bits per heavy atom. The summed E-state index contributed by atoms with van der Waals surface area (Å²) in [6, 6.07) is 39.2. The summed E-state index contributed by atoms with van der Waals surface area (Å²) in [5.41, 5.74) is 12.5. The van der Waals surface area contributed by atoms with Gasteiger partial charge < -0.3 is 0 Å². The zero-order valence-electron chi connectivity index (χ0n) is 28.0. The molecule has 0 aliphatic rings. The van der Waals surface area contributed by atoms with Gasteiger partial charge in [0.05, 0.1) is 9.85 Å². The van der Waals surface area contributed by atoms with E-state index in [0.29, 0.717) is 12.8 Å². The summed E-state index contributed by atoms with van der Waals surface area (Å²) < 4.78 is 0. The third-order valence-electron chi connectivity index (χ3n) is 8.67. The molecule has 0 fully saturated rings. The fraction of sp³-hybridized carbons (Fsp3) is 0.122. The molecule has 6 aromatic carbocycles. The first-order chi connectivity index (χ1) is 24.5. The van der Waals surface area contributed by atoms with Crippen LogP contribution >= 0.6 is 0 Å². The van der Waals surface area contributed by atoms with E-state index in [1.165, 1.54) is 42.0 Å². The van der Waals surface area contributed by atoms with Gasteiger partial charge in [0.15, 0.2) is 0 Å². The summed E-state index contributed by atoms with van der Waals surface area (Å²) in [6.45, 7) is 2.03. The summed E-state index contributed by atoms with van der Waals surface area (Å²) in [5, 5.41) is 34.8. The summed E-state index contributed by atoms with van der Waals surface area (Å²) in [6.07, 6.45) is 1.28. The van der Waals surface area contributed by atoms with Crippen molar-refractivity contribution in [3.8, 4) is 33.4 Å². The van der Waals surface area contributed by atoms with E-state index >= 15 is 0 Å². The molecule has 51 heavy (non-hydrogen) atoms. The van der Waals surface area contributed by atoms with Gasteiger partial charge in [-0.25, -0.2) is 0 Å². The van der Waals surface area contributed by atoms with Crippen LogP contribution in [0.5, 0.6) is 0 Å². The summed E-state index contributed by atoms with van der Waals surface area (Å²) in [5.74, 6) is 2.26. The van der Waals surface area contributed by atoms with E-state index in [4.69, 9.17) is 0 Å². The van der Waals surface area contributed by atoms with E-state index in [9.17, 15) is 30.3 Å². The predicted octanol–water partition coefficient (Wildman–Crippen LogP) is 10.2. The standard InChI is InChI=1S/C41H33GeN3O6/c1-27-15-28(21-36(16-27)33-3-9-39(10-4-33)43(46)47)17-29-18-30(23-37(22-29)34-5-11-40(12-6-34)44(48)49)19-31-20-32(26-42-2)25-38(24-31)35-7-13-41(14-8-35)45(50)51/h3-16,18,20-25H,17,19,26H2,1-2H3. The monoisotopic (exact) mass is 737 g/mol. The van der Waals surface area contributed by atoms with Crippen LogP contribution in [0.2, 0.25) is 5.76 Å². The fourth-order valence-corrected chi connectivity index (χ4v) is 7.69. The molecule has 0 N–H and O–H groups in total. The zero-order chi connectivity index (χ0) is 36.1. The van der Waals surface area contributed by atoms with Gasteiger partial charge in [-0.3, -0.25) is 20.2 Å². The van der Waals surface area contributed by atoms with E-state index in [1.807, 2.05) is 6.92 Å². The molecule has 0 atom stereocenters. The maximum atomic E-state index is 11.4. The van der Waals surface area contributed by atoms with Gasteiger partial charge in [-0.1, -0.05) is 6.07 Å². The van der Waals surface area contributed by atoms with Crippen LogP contribution in [0, 0.1) is 37.3 Å². The number of hydrogen-bond donors (Lipinski definition) is 0. The van der Waals surface area contributed by atoms with Crippen LogP contribution in [0.4, 0.5) is 17.1 Å². The second kappa shape index (κ2) is 15.3. The van der Waals surface area contributed by atoms with E-state index in [2.05, 4.69) is 60.4 Å². The Morgan fingerprint density at radius 2 is 0.745 bits per heavy atom. The molecule has 10 heteroatoms. The van der Waals surface area contributed by atoms with Crippen molar-refractivity contribution < 1.29 is 14.8 Å². The Labute approximate surface area is 301 Å². The molecule has 0 bridgehead atoms. The van der Waals surface area contributed by atoms with E-state index in [-0.39, 0.29) is 32.5 Å². The minimum atomic E-state index is -0.404. The fourth-order valence-electron chi connectivity index (χ4n) is 6.40. The molecule has 0 aromatic heterocycles.